The highest BCUT2D eigenvalue weighted by Crippen LogP contribution is 2.35. The van der Waals surface area contributed by atoms with Crippen LogP contribution in [0.4, 0.5) is 11.6 Å². The number of ether oxygens (including phenoxy) is 1. The van der Waals surface area contributed by atoms with Gasteiger partial charge in [0.1, 0.15) is 23.1 Å². The molecule has 0 aromatic carbocycles. The Kier molecular flexibility index (Phi) is 3.80. The molecular formula is C18H22N6O. The Hall–Kier alpha value is -2.67. The van der Waals surface area contributed by atoms with Crippen LogP contribution < -0.4 is 10.6 Å². The zero-order chi connectivity index (χ0) is 17.6. The van der Waals surface area contributed by atoms with Crippen molar-refractivity contribution in [2.45, 2.75) is 33.0 Å². The molecule has 0 saturated carbocycles. The molecule has 0 aliphatic carbocycles. The van der Waals surface area contributed by atoms with E-state index in [4.69, 9.17) is 15.5 Å². The van der Waals surface area contributed by atoms with Gasteiger partial charge in [0.15, 0.2) is 0 Å². The van der Waals surface area contributed by atoms with Gasteiger partial charge in [-0.25, -0.2) is 15.0 Å². The van der Waals surface area contributed by atoms with Crippen LogP contribution in [0.3, 0.4) is 0 Å². The Morgan fingerprint density at radius 2 is 2.00 bits per heavy atom. The minimum Gasteiger partial charge on any atom is -0.384 e. The second-order valence-electron chi connectivity index (χ2n) is 6.65. The number of aromatic nitrogens is 4. The number of rotatable bonds is 2. The van der Waals surface area contributed by atoms with Gasteiger partial charge in [0.25, 0.3) is 0 Å². The van der Waals surface area contributed by atoms with E-state index in [9.17, 15) is 0 Å². The largest absolute Gasteiger partial charge is 0.384 e. The summed E-state index contributed by atoms with van der Waals surface area (Å²) in [5.74, 6) is 2.18. The van der Waals surface area contributed by atoms with Crippen LogP contribution in [0.2, 0.25) is 0 Å². The molecule has 7 heteroatoms. The molecule has 1 fully saturated rings. The van der Waals surface area contributed by atoms with Crippen LogP contribution in [-0.2, 0) is 4.74 Å². The molecule has 1 saturated heterocycles. The standard InChI is InChI=1S/C18H22N6O/c1-10-8-24(9-11(2)25-10)18-16-14(13-4-5-20-15(19)6-13)7-21-17(16)22-12(3)23-18/h4-7,10-11H,8-9H2,1-3H3,(H2,19,20)(H,21,22,23)/t10-,11+. The predicted octanol–water partition coefficient (Wildman–Crippen LogP) is 2.52. The molecule has 4 rings (SSSR count). The Bertz CT molecular complexity index is 911. The van der Waals surface area contributed by atoms with E-state index < -0.39 is 0 Å². The van der Waals surface area contributed by atoms with Gasteiger partial charge in [0, 0.05) is 31.0 Å². The number of aryl methyl sites for hydroxylation is 1. The van der Waals surface area contributed by atoms with Gasteiger partial charge in [-0.05, 0) is 38.5 Å². The predicted molar refractivity (Wildman–Crippen MR) is 98.5 cm³/mol. The van der Waals surface area contributed by atoms with Crippen molar-refractivity contribution >= 4 is 22.7 Å². The van der Waals surface area contributed by atoms with Gasteiger partial charge in [-0.2, -0.15) is 0 Å². The third kappa shape index (κ3) is 2.91. The van der Waals surface area contributed by atoms with Crippen molar-refractivity contribution in [1.82, 2.24) is 19.9 Å². The second-order valence-corrected chi connectivity index (χ2v) is 6.65. The minimum atomic E-state index is 0.160. The number of anilines is 2. The lowest BCUT2D eigenvalue weighted by Gasteiger charge is -2.36. The molecule has 0 spiro atoms. The fourth-order valence-electron chi connectivity index (χ4n) is 3.55. The molecule has 1 aliphatic rings. The molecule has 0 radical (unpaired) electrons. The number of nitrogens with two attached hydrogens (primary N) is 1. The van der Waals surface area contributed by atoms with Crippen molar-refractivity contribution in [2.24, 2.45) is 0 Å². The van der Waals surface area contributed by atoms with Crippen molar-refractivity contribution in [3.63, 3.8) is 0 Å². The van der Waals surface area contributed by atoms with Crippen molar-refractivity contribution < 1.29 is 4.74 Å². The monoisotopic (exact) mass is 338 g/mol. The van der Waals surface area contributed by atoms with E-state index in [0.29, 0.717) is 5.82 Å². The number of aromatic amines is 1. The van der Waals surface area contributed by atoms with Crippen LogP contribution in [0.5, 0.6) is 0 Å². The van der Waals surface area contributed by atoms with Gasteiger partial charge in [-0.15, -0.1) is 0 Å². The average molecular weight is 338 g/mol. The summed E-state index contributed by atoms with van der Waals surface area (Å²) in [5.41, 5.74) is 8.74. The minimum absolute atomic E-state index is 0.160. The van der Waals surface area contributed by atoms with Crippen molar-refractivity contribution in [3.05, 3.63) is 30.4 Å². The summed E-state index contributed by atoms with van der Waals surface area (Å²) in [6, 6.07) is 3.82. The van der Waals surface area contributed by atoms with E-state index in [2.05, 4.69) is 33.7 Å². The maximum atomic E-state index is 5.87. The fourth-order valence-corrected chi connectivity index (χ4v) is 3.55. The molecule has 130 valence electrons. The topological polar surface area (TPSA) is 93.0 Å². The Morgan fingerprint density at radius 1 is 1.24 bits per heavy atom. The van der Waals surface area contributed by atoms with Crippen molar-refractivity contribution in [1.29, 1.82) is 0 Å². The number of morpholine rings is 1. The summed E-state index contributed by atoms with van der Waals surface area (Å²) >= 11 is 0. The Balaban J connectivity index is 1.90. The third-order valence-corrected chi connectivity index (χ3v) is 4.44. The van der Waals surface area contributed by atoms with E-state index in [1.807, 2.05) is 25.3 Å². The van der Waals surface area contributed by atoms with Crippen molar-refractivity contribution in [3.8, 4) is 11.1 Å². The Labute approximate surface area is 146 Å². The lowest BCUT2D eigenvalue weighted by atomic mass is 10.1. The lowest BCUT2D eigenvalue weighted by Crippen LogP contribution is -2.46. The van der Waals surface area contributed by atoms with E-state index in [1.165, 1.54) is 0 Å². The molecule has 3 N–H and O–H groups in total. The highest BCUT2D eigenvalue weighted by Gasteiger charge is 2.26. The van der Waals surface area contributed by atoms with Gasteiger partial charge >= 0.3 is 0 Å². The number of H-pyrrole nitrogens is 1. The molecule has 4 heterocycles. The normalized spacial score (nSPS) is 21.0. The number of hydrogen-bond donors (Lipinski definition) is 2. The van der Waals surface area contributed by atoms with Crippen LogP contribution in [0, 0.1) is 6.92 Å². The molecule has 0 unspecified atom stereocenters. The lowest BCUT2D eigenvalue weighted by molar-refractivity contribution is -0.00538. The van der Waals surface area contributed by atoms with E-state index in [-0.39, 0.29) is 12.2 Å². The van der Waals surface area contributed by atoms with E-state index >= 15 is 0 Å². The average Bonchev–Trinajstić information content (AvgIpc) is 2.96. The SMILES string of the molecule is Cc1nc(N2C[C@@H](C)O[C@@H](C)C2)c2c(-c3ccnc(N)c3)c[nH]c2n1. The van der Waals surface area contributed by atoms with E-state index in [1.54, 1.807) is 6.20 Å². The molecule has 0 bridgehead atoms. The Morgan fingerprint density at radius 3 is 2.72 bits per heavy atom. The first-order valence-electron chi connectivity index (χ1n) is 8.49. The van der Waals surface area contributed by atoms with Gasteiger partial charge in [-0.3, -0.25) is 0 Å². The van der Waals surface area contributed by atoms with Crippen LogP contribution in [-0.4, -0.2) is 45.2 Å². The number of hydrogen-bond acceptors (Lipinski definition) is 6. The number of nitrogens with one attached hydrogen (secondary N) is 1. The molecule has 25 heavy (non-hydrogen) atoms. The molecule has 3 aromatic heterocycles. The van der Waals surface area contributed by atoms with Crippen LogP contribution in [0.15, 0.2) is 24.5 Å². The molecule has 3 aromatic rings. The van der Waals surface area contributed by atoms with Crippen LogP contribution in [0.25, 0.3) is 22.2 Å². The van der Waals surface area contributed by atoms with E-state index in [0.717, 1.165) is 46.9 Å². The number of nitrogens with zero attached hydrogens (tertiary/aromatic N) is 4. The highest BCUT2D eigenvalue weighted by molar-refractivity contribution is 6.01. The molecule has 1 aliphatic heterocycles. The summed E-state index contributed by atoms with van der Waals surface area (Å²) < 4.78 is 5.87. The quantitative estimate of drug-likeness (QED) is 0.746. The van der Waals surface area contributed by atoms with Crippen LogP contribution >= 0.6 is 0 Å². The molecule has 0 amide bonds. The van der Waals surface area contributed by atoms with Crippen LogP contribution in [0.1, 0.15) is 19.7 Å². The van der Waals surface area contributed by atoms with Gasteiger partial charge < -0.3 is 20.4 Å². The maximum absolute atomic E-state index is 5.87. The number of pyridine rings is 1. The third-order valence-electron chi connectivity index (χ3n) is 4.44. The zero-order valence-electron chi connectivity index (χ0n) is 14.7. The summed E-state index contributed by atoms with van der Waals surface area (Å²) in [5, 5.41) is 1.01. The second kappa shape index (κ2) is 6.00. The summed E-state index contributed by atoms with van der Waals surface area (Å²) in [6.07, 6.45) is 4.00. The van der Waals surface area contributed by atoms with Crippen molar-refractivity contribution in [2.75, 3.05) is 23.7 Å². The molecular weight excluding hydrogens is 316 g/mol. The first-order chi connectivity index (χ1) is 12.0. The summed E-state index contributed by atoms with van der Waals surface area (Å²) in [7, 11) is 0. The first-order valence-corrected chi connectivity index (χ1v) is 8.49. The number of nitrogen functional groups attached to an aromatic ring is 1. The molecule has 7 nitrogen and oxygen atoms in total. The summed E-state index contributed by atoms with van der Waals surface area (Å²) in [4.78, 5) is 19.0. The fraction of sp³-hybridized carbons (Fsp3) is 0.389. The van der Waals surface area contributed by atoms with Gasteiger partial charge in [-0.1, -0.05) is 0 Å². The zero-order valence-corrected chi connectivity index (χ0v) is 14.7. The van der Waals surface area contributed by atoms with Gasteiger partial charge in [0.2, 0.25) is 0 Å². The smallest absolute Gasteiger partial charge is 0.143 e. The first kappa shape index (κ1) is 15.8. The highest BCUT2D eigenvalue weighted by atomic mass is 16.5. The molecule has 2 atom stereocenters. The summed E-state index contributed by atoms with van der Waals surface area (Å²) in [6.45, 7) is 7.71. The van der Waals surface area contributed by atoms with Gasteiger partial charge in [0.05, 0.1) is 17.6 Å². The number of fused-ring (bicyclic) bond motifs is 1. The maximum Gasteiger partial charge on any atom is 0.143 e.